The fraction of sp³-hybridized carbons (Fsp3) is 0.333. The maximum Gasteiger partial charge on any atom is 0.433 e. The van der Waals surface area contributed by atoms with E-state index in [1.807, 2.05) is 6.07 Å². The summed E-state index contributed by atoms with van der Waals surface area (Å²) < 4.78 is 43.9. The van der Waals surface area contributed by atoms with Crippen molar-refractivity contribution in [1.82, 2.24) is 9.97 Å². The predicted octanol–water partition coefficient (Wildman–Crippen LogP) is 4.47. The molecule has 1 aromatic carbocycles. The van der Waals surface area contributed by atoms with Crippen molar-refractivity contribution < 1.29 is 17.9 Å². The number of nitrogens with zero attached hydrogens (tertiary/aromatic N) is 2. The SMILES string of the molecule is FC(F)(F)c1ccnc(NC2CCCOc3c(Cl)cccc32)n1. The van der Waals surface area contributed by atoms with Crippen LogP contribution in [0.4, 0.5) is 19.1 Å². The second kappa shape index (κ2) is 6.23. The van der Waals surface area contributed by atoms with Gasteiger partial charge in [0, 0.05) is 11.8 Å². The van der Waals surface area contributed by atoms with Crippen LogP contribution in [-0.2, 0) is 6.18 Å². The third kappa shape index (κ3) is 3.50. The topological polar surface area (TPSA) is 47.0 Å². The van der Waals surface area contributed by atoms with E-state index >= 15 is 0 Å². The monoisotopic (exact) mass is 343 g/mol. The number of hydrogen-bond donors (Lipinski definition) is 1. The molecular weight excluding hydrogens is 331 g/mol. The minimum Gasteiger partial charge on any atom is -0.492 e. The maximum absolute atomic E-state index is 12.7. The number of para-hydroxylation sites is 1. The van der Waals surface area contributed by atoms with Gasteiger partial charge < -0.3 is 10.1 Å². The van der Waals surface area contributed by atoms with E-state index in [9.17, 15) is 13.2 Å². The lowest BCUT2D eigenvalue weighted by atomic mass is 10.0. The van der Waals surface area contributed by atoms with Crippen LogP contribution in [0.3, 0.4) is 0 Å². The number of alkyl halides is 3. The summed E-state index contributed by atoms with van der Waals surface area (Å²) in [4.78, 5) is 7.42. The first-order valence-electron chi connectivity index (χ1n) is 7.03. The van der Waals surface area contributed by atoms with Crippen molar-refractivity contribution in [2.45, 2.75) is 25.1 Å². The van der Waals surface area contributed by atoms with Gasteiger partial charge in [0.15, 0.2) is 0 Å². The molecule has 1 aliphatic heterocycles. The van der Waals surface area contributed by atoms with Crippen molar-refractivity contribution in [3.8, 4) is 5.75 Å². The Hall–Kier alpha value is -2.02. The third-order valence-corrected chi connectivity index (χ3v) is 3.80. The molecule has 0 saturated heterocycles. The number of anilines is 1. The molecule has 0 amide bonds. The lowest BCUT2D eigenvalue weighted by Gasteiger charge is -2.19. The van der Waals surface area contributed by atoms with Crippen molar-refractivity contribution >= 4 is 17.5 Å². The largest absolute Gasteiger partial charge is 0.492 e. The van der Waals surface area contributed by atoms with Crippen LogP contribution < -0.4 is 10.1 Å². The average molecular weight is 344 g/mol. The van der Waals surface area contributed by atoms with E-state index in [-0.39, 0.29) is 12.0 Å². The molecule has 0 radical (unpaired) electrons. The summed E-state index contributed by atoms with van der Waals surface area (Å²) in [6, 6.07) is 5.89. The normalized spacial score (nSPS) is 17.8. The van der Waals surface area contributed by atoms with Crippen LogP contribution in [-0.4, -0.2) is 16.6 Å². The van der Waals surface area contributed by atoms with Gasteiger partial charge in [-0.3, -0.25) is 0 Å². The highest BCUT2D eigenvalue weighted by Crippen LogP contribution is 2.38. The van der Waals surface area contributed by atoms with Crippen LogP contribution >= 0.6 is 11.6 Å². The first-order valence-corrected chi connectivity index (χ1v) is 7.41. The first kappa shape index (κ1) is 15.9. The van der Waals surface area contributed by atoms with Crippen molar-refractivity contribution in [2.24, 2.45) is 0 Å². The third-order valence-electron chi connectivity index (χ3n) is 3.51. The van der Waals surface area contributed by atoms with E-state index in [4.69, 9.17) is 16.3 Å². The van der Waals surface area contributed by atoms with Crippen LogP contribution in [0.25, 0.3) is 0 Å². The van der Waals surface area contributed by atoms with E-state index in [2.05, 4.69) is 15.3 Å². The van der Waals surface area contributed by atoms with Crippen molar-refractivity contribution in [2.75, 3.05) is 11.9 Å². The van der Waals surface area contributed by atoms with Gasteiger partial charge in [-0.2, -0.15) is 13.2 Å². The molecule has 122 valence electrons. The highest BCUT2D eigenvalue weighted by molar-refractivity contribution is 6.32. The Morgan fingerprint density at radius 1 is 1.26 bits per heavy atom. The molecule has 1 aliphatic rings. The van der Waals surface area contributed by atoms with Gasteiger partial charge in [-0.15, -0.1) is 0 Å². The molecule has 2 aromatic rings. The fourth-order valence-electron chi connectivity index (χ4n) is 2.46. The van der Waals surface area contributed by atoms with E-state index in [0.717, 1.165) is 24.2 Å². The Bertz CT molecular complexity index is 709. The molecule has 1 N–H and O–H groups in total. The van der Waals surface area contributed by atoms with E-state index < -0.39 is 11.9 Å². The molecule has 4 nitrogen and oxygen atoms in total. The number of hydrogen-bond acceptors (Lipinski definition) is 4. The van der Waals surface area contributed by atoms with Crippen LogP contribution in [0.5, 0.6) is 5.75 Å². The molecule has 0 saturated carbocycles. The van der Waals surface area contributed by atoms with Crippen LogP contribution in [0.15, 0.2) is 30.5 Å². The van der Waals surface area contributed by atoms with Crippen LogP contribution in [0.2, 0.25) is 5.02 Å². The lowest BCUT2D eigenvalue weighted by molar-refractivity contribution is -0.141. The van der Waals surface area contributed by atoms with Crippen molar-refractivity contribution in [3.63, 3.8) is 0 Å². The number of ether oxygens (including phenoxy) is 1. The average Bonchev–Trinajstić information content (AvgIpc) is 2.71. The molecule has 0 bridgehead atoms. The van der Waals surface area contributed by atoms with E-state index in [1.54, 1.807) is 12.1 Å². The molecule has 1 unspecified atom stereocenters. The number of rotatable bonds is 2. The van der Waals surface area contributed by atoms with Gasteiger partial charge in [0.2, 0.25) is 5.95 Å². The molecular formula is C15H13ClF3N3O. The molecule has 1 atom stereocenters. The second-order valence-corrected chi connectivity index (χ2v) is 5.52. The zero-order chi connectivity index (χ0) is 16.4. The van der Waals surface area contributed by atoms with Crippen LogP contribution in [0.1, 0.15) is 30.1 Å². The zero-order valence-corrected chi connectivity index (χ0v) is 12.7. The number of benzene rings is 1. The van der Waals surface area contributed by atoms with Gasteiger partial charge in [-0.05, 0) is 25.0 Å². The summed E-state index contributed by atoms with van der Waals surface area (Å²) in [5.41, 5.74) is -0.192. The zero-order valence-electron chi connectivity index (χ0n) is 11.9. The summed E-state index contributed by atoms with van der Waals surface area (Å²) in [7, 11) is 0. The summed E-state index contributed by atoms with van der Waals surface area (Å²) in [5, 5.41) is 3.43. The Labute approximate surface area is 135 Å². The minimum absolute atomic E-state index is 0.0716. The van der Waals surface area contributed by atoms with Gasteiger partial charge in [0.1, 0.15) is 11.4 Å². The summed E-state index contributed by atoms with van der Waals surface area (Å²) >= 11 is 6.14. The molecule has 0 aliphatic carbocycles. The molecule has 0 fully saturated rings. The smallest absolute Gasteiger partial charge is 0.433 e. The van der Waals surface area contributed by atoms with E-state index in [1.165, 1.54) is 0 Å². The second-order valence-electron chi connectivity index (χ2n) is 5.11. The van der Waals surface area contributed by atoms with Crippen LogP contribution in [0, 0.1) is 0 Å². The number of fused-ring (bicyclic) bond motifs is 1. The minimum atomic E-state index is -4.51. The summed E-state index contributed by atoms with van der Waals surface area (Å²) in [6.07, 6.45) is -2.01. The molecule has 23 heavy (non-hydrogen) atoms. The molecule has 2 heterocycles. The Kier molecular flexibility index (Phi) is 4.30. The van der Waals surface area contributed by atoms with E-state index in [0.29, 0.717) is 23.8 Å². The number of nitrogens with one attached hydrogen (secondary N) is 1. The summed E-state index contributed by atoms with van der Waals surface area (Å²) in [5.74, 6) is 0.480. The number of aromatic nitrogens is 2. The quantitative estimate of drug-likeness (QED) is 0.873. The molecule has 3 rings (SSSR count). The predicted molar refractivity (Wildman–Crippen MR) is 79.6 cm³/mol. The lowest BCUT2D eigenvalue weighted by Crippen LogP contribution is -2.15. The van der Waals surface area contributed by atoms with Gasteiger partial charge in [0.05, 0.1) is 17.7 Å². The van der Waals surface area contributed by atoms with Gasteiger partial charge >= 0.3 is 6.18 Å². The highest BCUT2D eigenvalue weighted by Gasteiger charge is 2.33. The first-order chi connectivity index (χ1) is 10.9. The molecule has 8 heteroatoms. The molecule has 0 spiro atoms. The number of halogens is 4. The van der Waals surface area contributed by atoms with Crippen molar-refractivity contribution in [3.05, 3.63) is 46.7 Å². The van der Waals surface area contributed by atoms with Gasteiger partial charge in [0.25, 0.3) is 0 Å². The van der Waals surface area contributed by atoms with Gasteiger partial charge in [-0.1, -0.05) is 23.7 Å². The maximum atomic E-state index is 12.7. The Balaban J connectivity index is 1.90. The fourth-order valence-corrected chi connectivity index (χ4v) is 2.70. The summed E-state index contributed by atoms with van der Waals surface area (Å²) in [6.45, 7) is 0.498. The Morgan fingerprint density at radius 2 is 2.09 bits per heavy atom. The Morgan fingerprint density at radius 3 is 2.87 bits per heavy atom. The van der Waals surface area contributed by atoms with Crippen molar-refractivity contribution in [1.29, 1.82) is 0 Å². The molecule has 1 aromatic heterocycles. The standard InChI is InChI=1S/C15H13ClF3N3O/c16-10-4-1-3-9-11(5-2-8-23-13(9)10)21-14-20-7-6-12(22-14)15(17,18)19/h1,3-4,6-7,11H,2,5,8H2,(H,20,21,22). The highest BCUT2D eigenvalue weighted by atomic mass is 35.5. The van der Waals surface area contributed by atoms with Gasteiger partial charge in [-0.25, -0.2) is 9.97 Å².